The van der Waals surface area contributed by atoms with Gasteiger partial charge in [0.05, 0.1) is 13.7 Å². The number of benzene rings is 1. The van der Waals surface area contributed by atoms with Crippen molar-refractivity contribution in [3.8, 4) is 5.75 Å². The zero-order valence-electron chi connectivity index (χ0n) is 13.4. The van der Waals surface area contributed by atoms with Gasteiger partial charge in [0.25, 0.3) is 0 Å². The Morgan fingerprint density at radius 1 is 1.29 bits per heavy atom. The third-order valence-electron chi connectivity index (χ3n) is 3.51. The number of thioether (sulfide) groups is 1. The topological polar surface area (TPSA) is 74.8 Å². The molecular weight excluding hydrogens is 346 g/mol. The highest BCUT2D eigenvalue weighted by atomic mass is 32.2. The Labute approximate surface area is 147 Å². The quantitative estimate of drug-likeness (QED) is 0.598. The fraction of sp³-hybridized carbons (Fsp3) is 0.333. The molecule has 1 aromatic carbocycles. The summed E-state index contributed by atoms with van der Waals surface area (Å²) in [5.74, 6) is 1.56. The molecule has 0 aliphatic rings. The van der Waals surface area contributed by atoms with Crippen molar-refractivity contribution in [1.29, 1.82) is 0 Å². The van der Waals surface area contributed by atoms with Gasteiger partial charge in [-0.15, -0.1) is 5.10 Å². The number of tetrazole rings is 1. The molecule has 9 heteroatoms. The van der Waals surface area contributed by atoms with Crippen molar-refractivity contribution in [3.63, 3.8) is 0 Å². The summed E-state index contributed by atoms with van der Waals surface area (Å²) in [4.78, 5) is 11.8. The molecule has 0 fully saturated rings. The van der Waals surface area contributed by atoms with Crippen molar-refractivity contribution < 1.29 is 4.74 Å². The lowest BCUT2D eigenvalue weighted by Crippen LogP contribution is -2.16. The number of rotatable bonds is 7. The van der Waals surface area contributed by atoms with Gasteiger partial charge in [-0.1, -0.05) is 35.2 Å². The minimum atomic E-state index is 0.0749. The number of methoxy groups -OCH3 is 1. The van der Waals surface area contributed by atoms with Crippen LogP contribution in [0.3, 0.4) is 0 Å². The molecular formula is C15H17N5O2S2. The summed E-state index contributed by atoms with van der Waals surface area (Å²) >= 11 is 2.77. The maximum atomic E-state index is 11.7. The fourth-order valence-electron chi connectivity index (χ4n) is 2.21. The summed E-state index contributed by atoms with van der Waals surface area (Å²) in [6.07, 6.45) is 0. The maximum absolute atomic E-state index is 11.7. The van der Waals surface area contributed by atoms with Gasteiger partial charge in [-0.2, -0.15) is 0 Å². The molecule has 0 bridgehead atoms. The van der Waals surface area contributed by atoms with Gasteiger partial charge in [0.1, 0.15) is 5.75 Å². The Balaban J connectivity index is 1.61. The van der Waals surface area contributed by atoms with Crippen LogP contribution in [-0.2, 0) is 13.1 Å². The zero-order valence-corrected chi connectivity index (χ0v) is 15.0. The highest BCUT2D eigenvalue weighted by Gasteiger charge is 2.09. The van der Waals surface area contributed by atoms with Crippen molar-refractivity contribution in [2.45, 2.75) is 25.2 Å². The smallest absolute Gasteiger partial charge is 0.307 e. The molecule has 0 radical (unpaired) electrons. The standard InChI is InChI=1S/C15H17N5O2S2/c1-11-10-24-15(21)19(11)7-8-23-14-16-17-18-20(14)9-12-3-5-13(22-2)6-4-12/h3-6,10H,7-9H2,1-2H3. The van der Waals surface area contributed by atoms with Gasteiger partial charge < -0.3 is 9.30 Å². The number of hydrogen-bond donors (Lipinski definition) is 0. The van der Waals surface area contributed by atoms with Crippen LogP contribution in [0.2, 0.25) is 0 Å². The van der Waals surface area contributed by atoms with Gasteiger partial charge >= 0.3 is 4.87 Å². The number of hydrogen-bond acceptors (Lipinski definition) is 7. The molecule has 7 nitrogen and oxygen atoms in total. The molecule has 2 aromatic heterocycles. The van der Waals surface area contributed by atoms with Gasteiger partial charge in [0.2, 0.25) is 5.16 Å². The van der Waals surface area contributed by atoms with Crippen molar-refractivity contribution >= 4 is 23.1 Å². The van der Waals surface area contributed by atoms with Crippen LogP contribution in [0.4, 0.5) is 0 Å². The highest BCUT2D eigenvalue weighted by Crippen LogP contribution is 2.17. The maximum Gasteiger partial charge on any atom is 0.307 e. The lowest BCUT2D eigenvalue weighted by Gasteiger charge is -2.06. The normalized spacial score (nSPS) is 10.9. The van der Waals surface area contributed by atoms with Gasteiger partial charge in [0.15, 0.2) is 0 Å². The van der Waals surface area contributed by atoms with E-state index in [1.54, 1.807) is 28.1 Å². The average Bonchev–Trinajstić information content (AvgIpc) is 3.16. The molecule has 24 heavy (non-hydrogen) atoms. The average molecular weight is 363 g/mol. The van der Waals surface area contributed by atoms with E-state index in [1.807, 2.05) is 36.6 Å². The second-order valence-corrected chi connectivity index (χ2v) is 6.99. The number of aryl methyl sites for hydroxylation is 1. The first-order valence-electron chi connectivity index (χ1n) is 7.34. The SMILES string of the molecule is COc1ccc(Cn2nnnc2SCCn2c(C)csc2=O)cc1. The van der Waals surface area contributed by atoms with E-state index < -0.39 is 0 Å². The van der Waals surface area contributed by atoms with Gasteiger partial charge in [-0.25, -0.2) is 4.68 Å². The van der Waals surface area contributed by atoms with Crippen LogP contribution in [0.5, 0.6) is 5.75 Å². The van der Waals surface area contributed by atoms with E-state index in [0.717, 1.165) is 27.9 Å². The van der Waals surface area contributed by atoms with E-state index >= 15 is 0 Å². The lowest BCUT2D eigenvalue weighted by molar-refractivity contribution is 0.414. The Morgan fingerprint density at radius 3 is 2.75 bits per heavy atom. The van der Waals surface area contributed by atoms with Gasteiger partial charge in [-0.05, 0) is 35.0 Å². The molecule has 126 valence electrons. The molecule has 2 heterocycles. The van der Waals surface area contributed by atoms with Crippen LogP contribution in [-0.4, -0.2) is 37.6 Å². The number of ether oxygens (including phenoxy) is 1. The first kappa shape index (κ1) is 16.7. The van der Waals surface area contributed by atoms with Crippen molar-refractivity contribution in [2.24, 2.45) is 0 Å². The van der Waals surface area contributed by atoms with E-state index in [0.29, 0.717) is 13.1 Å². The van der Waals surface area contributed by atoms with Crippen LogP contribution < -0.4 is 9.61 Å². The van der Waals surface area contributed by atoms with E-state index in [2.05, 4.69) is 15.5 Å². The second-order valence-electron chi connectivity index (χ2n) is 5.11. The third kappa shape index (κ3) is 3.85. The summed E-state index contributed by atoms with van der Waals surface area (Å²) < 4.78 is 8.69. The Hall–Kier alpha value is -2.13. The molecule has 0 N–H and O–H groups in total. The minimum absolute atomic E-state index is 0.0749. The van der Waals surface area contributed by atoms with Crippen molar-refractivity contribution in [2.75, 3.05) is 12.9 Å². The summed E-state index contributed by atoms with van der Waals surface area (Å²) in [6.45, 7) is 3.18. The summed E-state index contributed by atoms with van der Waals surface area (Å²) in [7, 11) is 1.64. The zero-order chi connectivity index (χ0) is 16.9. The van der Waals surface area contributed by atoms with Crippen LogP contribution >= 0.6 is 23.1 Å². The Kier molecular flexibility index (Phi) is 5.31. The number of thiazole rings is 1. The molecule has 0 aliphatic carbocycles. The monoisotopic (exact) mass is 363 g/mol. The van der Waals surface area contributed by atoms with Crippen LogP contribution in [0, 0.1) is 6.92 Å². The fourth-order valence-corrected chi connectivity index (χ4v) is 3.77. The largest absolute Gasteiger partial charge is 0.497 e. The number of nitrogens with zero attached hydrogens (tertiary/aromatic N) is 5. The van der Waals surface area contributed by atoms with Gasteiger partial charge in [0, 0.05) is 23.4 Å². The molecule has 3 aromatic rings. The van der Waals surface area contributed by atoms with E-state index in [9.17, 15) is 4.79 Å². The molecule has 0 saturated carbocycles. The Bertz CT molecular complexity index is 853. The third-order valence-corrected chi connectivity index (χ3v) is 5.33. The van der Waals surface area contributed by atoms with Gasteiger partial charge in [-0.3, -0.25) is 4.79 Å². The number of aromatic nitrogens is 5. The molecule has 3 rings (SSSR count). The molecule has 0 unspecified atom stereocenters. The predicted octanol–water partition coefficient (Wildman–Crippen LogP) is 2.05. The summed E-state index contributed by atoms with van der Waals surface area (Å²) in [5, 5.41) is 14.5. The van der Waals surface area contributed by atoms with E-state index in [-0.39, 0.29) is 4.87 Å². The molecule has 0 spiro atoms. The minimum Gasteiger partial charge on any atom is -0.497 e. The van der Waals surface area contributed by atoms with Crippen molar-refractivity contribution in [3.05, 3.63) is 50.6 Å². The predicted molar refractivity (Wildman–Crippen MR) is 94.0 cm³/mol. The Morgan fingerprint density at radius 2 is 2.08 bits per heavy atom. The van der Waals surface area contributed by atoms with Crippen LogP contribution in [0.15, 0.2) is 39.6 Å². The van der Waals surface area contributed by atoms with Crippen molar-refractivity contribution in [1.82, 2.24) is 24.8 Å². The second kappa shape index (κ2) is 7.63. The van der Waals surface area contributed by atoms with Crippen LogP contribution in [0.1, 0.15) is 11.3 Å². The lowest BCUT2D eigenvalue weighted by atomic mass is 10.2. The molecule has 0 atom stereocenters. The summed E-state index contributed by atoms with van der Waals surface area (Å²) in [5.41, 5.74) is 2.08. The first-order chi connectivity index (χ1) is 11.7. The first-order valence-corrected chi connectivity index (χ1v) is 9.20. The molecule has 0 aliphatic heterocycles. The molecule has 0 amide bonds. The highest BCUT2D eigenvalue weighted by molar-refractivity contribution is 7.99. The van der Waals surface area contributed by atoms with E-state index in [4.69, 9.17) is 4.74 Å². The van der Waals surface area contributed by atoms with Crippen LogP contribution in [0.25, 0.3) is 0 Å². The summed E-state index contributed by atoms with van der Waals surface area (Å²) in [6, 6.07) is 7.81. The molecule has 0 saturated heterocycles. The van der Waals surface area contributed by atoms with E-state index in [1.165, 1.54) is 11.3 Å².